The molecule has 0 aliphatic heterocycles. The second-order valence-corrected chi connectivity index (χ2v) is 4.99. The molecule has 1 N–H and O–H groups in total. The average Bonchev–Trinajstić information content (AvgIpc) is 2.41. The van der Waals surface area contributed by atoms with Crippen LogP contribution in [0.4, 0.5) is 18.9 Å². The number of anilines is 1. The Morgan fingerprint density at radius 1 is 1.43 bits per heavy atom. The van der Waals surface area contributed by atoms with E-state index in [1.807, 2.05) is 6.92 Å². The van der Waals surface area contributed by atoms with E-state index in [1.165, 1.54) is 18.5 Å². The third kappa shape index (κ3) is 5.24. The Hall–Kier alpha value is -1.79. The van der Waals surface area contributed by atoms with Crippen LogP contribution >= 0.6 is 0 Å². The standard InChI is InChI=1S/C14H20F3N3O/c1-4-6-19-12-8-18-7-5-11(12)13(21)20(10(2)3)9-14(15,16)17/h5,7-8,10,19H,4,6,9H2,1-3H3. The van der Waals surface area contributed by atoms with Crippen LogP contribution in [0, 0.1) is 0 Å². The number of carbonyl (C=O) groups excluding carboxylic acids is 1. The summed E-state index contributed by atoms with van der Waals surface area (Å²) in [5.74, 6) is -0.650. The van der Waals surface area contributed by atoms with E-state index in [0.29, 0.717) is 12.2 Å². The summed E-state index contributed by atoms with van der Waals surface area (Å²) < 4.78 is 37.9. The lowest BCUT2D eigenvalue weighted by molar-refractivity contribution is -0.143. The van der Waals surface area contributed by atoms with Gasteiger partial charge in [-0.3, -0.25) is 9.78 Å². The van der Waals surface area contributed by atoms with Gasteiger partial charge in [0.2, 0.25) is 0 Å². The molecular formula is C14H20F3N3O. The van der Waals surface area contributed by atoms with Crippen molar-refractivity contribution in [2.75, 3.05) is 18.4 Å². The summed E-state index contributed by atoms with van der Waals surface area (Å²) in [5.41, 5.74) is 0.661. The molecule has 0 radical (unpaired) electrons. The first-order valence-electron chi connectivity index (χ1n) is 6.82. The van der Waals surface area contributed by atoms with Crippen molar-refractivity contribution in [3.8, 4) is 0 Å². The summed E-state index contributed by atoms with van der Waals surface area (Å²) in [7, 11) is 0. The van der Waals surface area contributed by atoms with E-state index in [9.17, 15) is 18.0 Å². The summed E-state index contributed by atoms with van der Waals surface area (Å²) in [4.78, 5) is 17.1. The van der Waals surface area contributed by atoms with Gasteiger partial charge in [-0.05, 0) is 26.3 Å². The largest absolute Gasteiger partial charge is 0.406 e. The Morgan fingerprint density at radius 3 is 2.62 bits per heavy atom. The fourth-order valence-corrected chi connectivity index (χ4v) is 1.82. The predicted octanol–water partition coefficient (Wildman–Crippen LogP) is 3.32. The highest BCUT2D eigenvalue weighted by Crippen LogP contribution is 2.22. The molecule has 4 nitrogen and oxygen atoms in total. The number of aromatic nitrogens is 1. The minimum atomic E-state index is -4.43. The third-order valence-electron chi connectivity index (χ3n) is 2.85. The number of halogens is 3. The van der Waals surface area contributed by atoms with Gasteiger partial charge in [-0.2, -0.15) is 13.2 Å². The molecule has 21 heavy (non-hydrogen) atoms. The maximum Gasteiger partial charge on any atom is 0.406 e. The zero-order chi connectivity index (χ0) is 16.0. The van der Waals surface area contributed by atoms with E-state index in [0.717, 1.165) is 11.3 Å². The average molecular weight is 303 g/mol. The van der Waals surface area contributed by atoms with E-state index in [1.54, 1.807) is 13.8 Å². The fourth-order valence-electron chi connectivity index (χ4n) is 1.82. The first-order valence-corrected chi connectivity index (χ1v) is 6.82. The summed E-state index contributed by atoms with van der Waals surface area (Å²) in [6.45, 7) is 4.43. The Bertz CT molecular complexity index is 475. The van der Waals surface area contributed by atoms with Crippen LogP contribution < -0.4 is 5.32 Å². The lowest BCUT2D eigenvalue weighted by atomic mass is 10.1. The molecule has 0 saturated heterocycles. The fraction of sp³-hybridized carbons (Fsp3) is 0.571. The van der Waals surface area contributed by atoms with Gasteiger partial charge in [0, 0.05) is 18.8 Å². The first-order chi connectivity index (χ1) is 9.76. The molecule has 1 heterocycles. The highest BCUT2D eigenvalue weighted by molar-refractivity contribution is 5.99. The van der Waals surface area contributed by atoms with E-state index < -0.39 is 24.7 Å². The molecule has 1 amide bonds. The van der Waals surface area contributed by atoms with Gasteiger partial charge in [-0.1, -0.05) is 6.92 Å². The van der Waals surface area contributed by atoms with Crippen LogP contribution in [0.2, 0.25) is 0 Å². The molecule has 0 fully saturated rings. The molecule has 0 spiro atoms. The summed E-state index contributed by atoms with van der Waals surface area (Å²) in [6.07, 6.45) is -0.742. The van der Waals surface area contributed by atoms with Crippen LogP contribution in [0.3, 0.4) is 0 Å². The number of pyridine rings is 1. The van der Waals surface area contributed by atoms with Gasteiger partial charge in [0.15, 0.2) is 0 Å². The molecule has 1 aromatic heterocycles. The molecule has 0 aromatic carbocycles. The van der Waals surface area contributed by atoms with Gasteiger partial charge in [0.05, 0.1) is 17.4 Å². The van der Waals surface area contributed by atoms with Gasteiger partial charge in [0.1, 0.15) is 6.54 Å². The number of hydrogen-bond acceptors (Lipinski definition) is 3. The number of nitrogens with one attached hydrogen (secondary N) is 1. The van der Waals surface area contributed by atoms with Gasteiger partial charge in [0.25, 0.3) is 5.91 Å². The SMILES string of the molecule is CCCNc1cnccc1C(=O)N(CC(F)(F)F)C(C)C. The Kier molecular flexibility index (Phi) is 5.99. The smallest absolute Gasteiger partial charge is 0.383 e. The number of hydrogen-bond donors (Lipinski definition) is 1. The Balaban J connectivity index is 3.04. The highest BCUT2D eigenvalue weighted by atomic mass is 19.4. The van der Waals surface area contributed by atoms with Gasteiger partial charge in [-0.25, -0.2) is 0 Å². The van der Waals surface area contributed by atoms with Gasteiger partial charge < -0.3 is 10.2 Å². The number of amides is 1. The van der Waals surface area contributed by atoms with Crippen molar-refractivity contribution < 1.29 is 18.0 Å². The lowest BCUT2D eigenvalue weighted by Gasteiger charge is -2.28. The Labute approximate surface area is 122 Å². The number of carbonyl (C=O) groups is 1. The molecule has 1 aromatic rings. The first kappa shape index (κ1) is 17.3. The van der Waals surface area contributed by atoms with Crippen molar-refractivity contribution in [1.29, 1.82) is 0 Å². The normalized spacial score (nSPS) is 11.6. The number of alkyl halides is 3. The summed E-state index contributed by atoms with van der Waals surface area (Å²) >= 11 is 0. The molecule has 0 atom stereocenters. The molecule has 7 heteroatoms. The number of rotatable bonds is 6. The minimum Gasteiger partial charge on any atom is -0.383 e. The molecule has 0 aliphatic rings. The van der Waals surface area contributed by atoms with Crippen molar-refractivity contribution in [2.45, 2.75) is 39.4 Å². The molecule has 0 aliphatic carbocycles. The van der Waals surface area contributed by atoms with Crippen molar-refractivity contribution in [1.82, 2.24) is 9.88 Å². The maximum atomic E-state index is 12.6. The number of nitrogens with zero attached hydrogens (tertiary/aromatic N) is 2. The molecule has 1 rings (SSSR count). The zero-order valence-corrected chi connectivity index (χ0v) is 12.4. The lowest BCUT2D eigenvalue weighted by Crippen LogP contribution is -2.43. The zero-order valence-electron chi connectivity index (χ0n) is 12.4. The van der Waals surface area contributed by atoms with Gasteiger partial charge in [-0.15, -0.1) is 0 Å². The van der Waals surface area contributed by atoms with Crippen molar-refractivity contribution in [3.05, 3.63) is 24.0 Å². The van der Waals surface area contributed by atoms with Gasteiger partial charge >= 0.3 is 6.18 Å². The van der Waals surface area contributed by atoms with Crippen LogP contribution in [0.15, 0.2) is 18.5 Å². The van der Waals surface area contributed by atoms with E-state index in [4.69, 9.17) is 0 Å². The van der Waals surface area contributed by atoms with Crippen LogP contribution in [-0.2, 0) is 0 Å². The Morgan fingerprint density at radius 2 is 2.10 bits per heavy atom. The topological polar surface area (TPSA) is 45.2 Å². The van der Waals surface area contributed by atoms with Crippen molar-refractivity contribution >= 4 is 11.6 Å². The van der Waals surface area contributed by atoms with E-state index in [-0.39, 0.29) is 5.56 Å². The minimum absolute atomic E-state index is 0.205. The second-order valence-electron chi connectivity index (χ2n) is 4.99. The summed E-state index contributed by atoms with van der Waals surface area (Å²) in [6, 6.07) is 0.887. The van der Waals surface area contributed by atoms with Crippen LogP contribution in [0.1, 0.15) is 37.6 Å². The van der Waals surface area contributed by atoms with Crippen LogP contribution in [-0.4, -0.2) is 41.1 Å². The third-order valence-corrected chi connectivity index (χ3v) is 2.85. The van der Waals surface area contributed by atoms with Crippen molar-refractivity contribution in [2.24, 2.45) is 0 Å². The monoisotopic (exact) mass is 303 g/mol. The quantitative estimate of drug-likeness (QED) is 0.877. The second kappa shape index (κ2) is 7.28. The maximum absolute atomic E-state index is 12.6. The van der Waals surface area contributed by atoms with Crippen molar-refractivity contribution in [3.63, 3.8) is 0 Å². The van der Waals surface area contributed by atoms with Crippen LogP contribution in [0.5, 0.6) is 0 Å². The van der Waals surface area contributed by atoms with Crippen LogP contribution in [0.25, 0.3) is 0 Å². The highest BCUT2D eigenvalue weighted by Gasteiger charge is 2.35. The molecule has 0 saturated carbocycles. The molecular weight excluding hydrogens is 283 g/mol. The van der Waals surface area contributed by atoms with E-state index in [2.05, 4.69) is 10.3 Å². The molecule has 0 unspecified atom stereocenters. The molecule has 0 bridgehead atoms. The summed E-state index contributed by atoms with van der Waals surface area (Å²) in [5, 5.41) is 3.01. The molecule has 118 valence electrons. The van der Waals surface area contributed by atoms with E-state index >= 15 is 0 Å². The predicted molar refractivity (Wildman–Crippen MR) is 75.2 cm³/mol.